The van der Waals surface area contributed by atoms with Crippen molar-refractivity contribution in [2.75, 3.05) is 39.5 Å². The summed E-state index contributed by atoms with van der Waals surface area (Å²) in [6.07, 6.45) is 1.81. The van der Waals surface area contributed by atoms with Gasteiger partial charge in [-0.3, -0.25) is 0 Å². The molecule has 1 aromatic heterocycles. The van der Waals surface area contributed by atoms with Crippen LogP contribution in [0.15, 0.2) is 24.3 Å². The average Bonchev–Trinajstić information content (AvgIpc) is 3.06. The van der Waals surface area contributed by atoms with Gasteiger partial charge in [-0.05, 0) is 50.5 Å². The van der Waals surface area contributed by atoms with E-state index in [1.54, 1.807) is 4.90 Å². The Balaban J connectivity index is 1.28. The van der Waals surface area contributed by atoms with Crippen LogP contribution in [-0.2, 0) is 4.74 Å². The van der Waals surface area contributed by atoms with Crippen LogP contribution >= 0.6 is 0 Å². The quantitative estimate of drug-likeness (QED) is 0.619. The van der Waals surface area contributed by atoms with Gasteiger partial charge in [0.05, 0.1) is 19.3 Å². The van der Waals surface area contributed by atoms with E-state index in [1.165, 1.54) is 0 Å². The maximum absolute atomic E-state index is 11.9. The summed E-state index contributed by atoms with van der Waals surface area (Å²) in [6, 6.07) is 7.92. The molecule has 1 aliphatic rings. The van der Waals surface area contributed by atoms with Crippen molar-refractivity contribution >= 4 is 16.9 Å². The van der Waals surface area contributed by atoms with Crippen LogP contribution in [-0.4, -0.2) is 66.6 Å². The maximum Gasteiger partial charge on any atom is 0.317 e. The van der Waals surface area contributed by atoms with Crippen molar-refractivity contribution < 1.29 is 19.4 Å². The van der Waals surface area contributed by atoms with Crippen LogP contribution in [0.1, 0.15) is 25.0 Å². The molecule has 2 amide bonds. The van der Waals surface area contributed by atoms with Crippen LogP contribution in [0.4, 0.5) is 4.79 Å². The number of unbranched alkanes of at least 4 members (excludes halogenated alkanes) is 1. The molecule has 2 heterocycles. The van der Waals surface area contributed by atoms with Crippen molar-refractivity contribution in [1.82, 2.24) is 15.2 Å². The molecule has 1 fully saturated rings. The molecular formula is C20H29N3O4. The van der Waals surface area contributed by atoms with Gasteiger partial charge in [-0.2, -0.15) is 0 Å². The minimum atomic E-state index is -0.511. The van der Waals surface area contributed by atoms with Gasteiger partial charge >= 0.3 is 6.03 Å². The lowest BCUT2D eigenvalue weighted by molar-refractivity contribution is 0.0532. The largest absolute Gasteiger partial charge is 0.491 e. The van der Waals surface area contributed by atoms with E-state index in [9.17, 15) is 9.90 Å². The monoisotopic (exact) mass is 375 g/mol. The Morgan fingerprint density at radius 1 is 1.33 bits per heavy atom. The van der Waals surface area contributed by atoms with Crippen LogP contribution < -0.4 is 10.1 Å². The maximum atomic E-state index is 11.9. The summed E-state index contributed by atoms with van der Waals surface area (Å²) in [5, 5.41) is 14.1. The van der Waals surface area contributed by atoms with Gasteiger partial charge in [0.1, 0.15) is 12.4 Å². The molecule has 0 aliphatic carbocycles. The topological polar surface area (TPSA) is 86.8 Å². The molecular weight excluding hydrogens is 346 g/mol. The Labute approximate surface area is 159 Å². The summed E-state index contributed by atoms with van der Waals surface area (Å²) in [6.45, 7) is 5.43. The Hall–Kier alpha value is -2.25. The van der Waals surface area contributed by atoms with Crippen LogP contribution in [0.3, 0.4) is 0 Å². The molecule has 0 spiro atoms. The van der Waals surface area contributed by atoms with E-state index < -0.39 is 6.10 Å². The number of ether oxygens (including phenoxy) is 2. The van der Waals surface area contributed by atoms with Gasteiger partial charge in [0.15, 0.2) is 0 Å². The molecule has 0 bridgehead atoms. The Bertz CT molecular complexity index is 740. The number of aliphatic hydroxyl groups excluding tert-OH is 1. The highest BCUT2D eigenvalue weighted by atomic mass is 16.5. The van der Waals surface area contributed by atoms with Crippen molar-refractivity contribution in [3.8, 4) is 5.75 Å². The number of urea groups is 1. The first-order valence-corrected chi connectivity index (χ1v) is 9.62. The fourth-order valence-corrected chi connectivity index (χ4v) is 3.20. The zero-order valence-corrected chi connectivity index (χ0v) is 15.9. The highest BCUT2D eigenvalue weighted by Gasteiger charge is 2.15. The first-order valence-electron chi connectivity index (χ1n) is 9.62. The van der Waals surface area contributed by atoms with Gasteiger partial charge in [-0.25, -0.2) is 4.79 Å². The minimum absolute atomic E-state index is 0.0300. The molecule has 3 rings (SSSR count). The molecule has 27 heavy (non-hydrogen) atoms. The molecule has 0 saturated carbocycles. The van der Waals surface area contributed by atoms with Gasteiger partial charge in [0, 0.05) is 36.2 Å². The molecule has 148 valence electrons. The van der Waals surface area contributed by atoms with Gasteiger partial charge in [-0.15, -0.1) is 0 Å². The first kappa shape index (κ1) is 19.5. The second kappa shape index (κ2) is 9.62. The number of aryl methyl sites for hydroxylation is 1. The van der Waals surface area contributed by atoms with E-state index in [0.29, 0.717) is 39.3 Å². The number of hydrogen-bond acceptors (Lipinski definition) is 4. The summed E-state index contributed by atoms with van der Waals surface area (Å²) in [5.74, 6) is 0.762. The lowest BCUT2D eigenvalue weighted by Crippen LogP contribution is -2.46. The Morgan fingerprint density at radius 2 is 2.15 bits per heavy atom. The lowest BCUT2D eigenvalue weighted by atomic mass is 10.1. The first-order chi connectivity index (χ1) is 13.1. The molecule has 1 aromatic carbocycles. The Kier molecular flexibility index (Phi) is 6.95. The summed E-state index contributed by atoms with van der Waals surface area (Å²) < 4.78 is 10.9. The summed E-state index contributed by atoms with van der Waals surface area (Å²) in [5.41, 5.74) is 2.20. The van der Waals surface area contributed by atoms with Gasteiger partial charge in [-0.1, -0.05) is 0 Å². The number of rotatable bonds is 8. The van der Waals surface area contributed by atoms with Crippen LogP contribution in [0.25, 0.3) is 10.9 Å². The molecule has 0 unspecified atom stereocenters. The second-order valence-electron chi connectivity index (χ2n) is 6.99. The van der Waals surface area contributed by atoms with Gasteiger partial charge < -0.3 is 29.8 Å². The van der Waals surface area contributed by atoms with Gasteiger partial charge in [0.2, 0.25) is 0 Å². The number of aromatic nitrogens is 1. The molecule has 0 radical (unpaired) electrons. The van der Waals surface area contributed by atoms with E-state index in [4.69, 9.17) is 9.47 Å². The van der Waals surface area contributed by atoms with Crippen LogP contribution in [0.5, 0.6) is 5.75 Å². The third kappa shape index (κ3) is 5.87. The summed E-state index contributed by atoms with van der Waals surface area (Å²) >= 11 is 0. The zero-order valence-electron chi connectivity index (χ0n) is 15.9. The number of carbonyl (C=O) groups excluding carboxylic acids is 1. The molecule has 7 nitrogen and oxygen atoms in total. The summed E-state index contributed by atoms with van der Waals surface area (Å²) in [4.78, 5) is 17.0. The number of hydrogen-bond donors (Lipinski definition) is 3. The number of aliphatic hydroxyl groups is 1. The minimum Gasteiger partial charge on any atom is -0.491 e. The number of H-pyrrole nitrogens is 1. The number of carbonyl (C=O) groups is 1. The zero-order chi connectivity index (χ0) is 19.1. The van der Waals surface area contributed by atoms with Crippen molar-refractivity contribution in [2.24, 2.45) is 0 Å². The number of fused-ring (bicyclic) bond motifs is 1. The van der Waals surface area contributed by atoms with Crippen molar-refractivity contribution in [3.05, 3.63) is 30.0 Å². The van der Waals surface area contributed by atoms with E-state index >= 15 is 0 Å². The number of nitrogens with one attached hydrogen (secondary N) is 2. The lowest BCUT2D eigenvalue weighted by Gasteiger charge is -2.26. The van der Waals surface area contributed by atoms with Crippen LogP contribution in [0.2, 0.25) is 0 Å². The Morgan fingerprint density at radius 3 is 2.96 bits per heavy atom. The van der Waals surface area contributed by atoms with Crippen molar-refractivity contribution in [2.45, 2.75) is 32.3 Å². The number of amides is 2. The molecule has 1 saturated heterocycles. The predicted molar refractivity (Wildman–Crippen MR) is 104 cm³/mol. The molecule has 1 atom stereocenters. The van der Waals surface area contributed by atoms with Crippen molar-refractivity contribution in [1.29, 1.82) is 0 Å². The fourth-order valence-electron chi connectivity index (χ4n) is 3.20. The van der Waals surface area contributed by atoms with Crippen LogP contribution in [0, 0.1) is 6.92 Å². The number of morpholine rings is 1. The fraction of sp³-hybridized carbons (Fsp3) is 0.550. The third-order valence-corrected chi connectivity index (χ3v) is 4.71. The molecule has 1 aliphatic heterocycles. The van der Waals surface area contributed by atoms with Crippen molar-refractivity contribution in [3.63, 3.8) is 0 Å². The van der Waals surface area contributed by atoms with Gasteiger partial charge in [0.25, 0.3) is 0 Å². The van der Waals surface area contributed by atoms with E-state index in [-0.39, 0.29) is 12.6 Å². The standard InChI is InChI=1S/C20H29N3O4/c1-15-12-16-13-18(5-6-19(16)22-15)27-14-17(24)4-2-3-7-21-20(25)23-8-10-26-11-9-23/h5-6,12-13,17,22,24H,2-4,7-11,14H2,1H3,(H,21,25)/t17-/m0/s1. The summed E-state index contributed by atoms with van der Waals surface area (Å²) in [7, 11) is 0. The van der Waals surface area contributed by atoms with E-state index in [2.05, 4.69) is 16.4 Å². The van der Waals surface area contributed by atoms with E-state index in [1.807, 2.05) is 25.1 Å². The third-order valence-electron chi connectivity index (χ3n) is 4.71. The predicted octanol–water partition coefficient (Wildman–Crippen LogP) is 2.43. The smallest absolute Gasteiger partial charge is 0.317 e. The number of nitrogens with zero attached hydrogens (tertiary/aromatic N) is 1. The SMILES string of the molecule is Cc1cc2cc(OC[C@@H](O)CCCCNC(=O)N3CCOCC3)ccc2[nH]1. The normalized spacial score (nSPS) is 15.7. The number of aromatic amines is 1. The molecule has 3 N–H and O–H groups in total. The highest BCUT2D eigenvalue weighted by molar-refractivity contribution is 5.81. The highest BCUT2D eigenvalue weighted by Crippen LogP contribution is 2.21. The average molecular weight is 375 g/mol. The second-order valence-corrected chi connectivity index (χ2v) is 6.99. The number of benzene rings is 1. The molecule has 2 aromatic rings. The van der Waals surface area contributed by atoms with E-state index in [0.717, 1.165) is 35.2 Å². The molecule has 7 heteroatoms.